The molecule has 1 saturated heterocycles. The minimum absolute atomic E-state index is 0.00922. The number of ether oxygens (including phenoxy) is 1. The Hall–Kier alpha value is -1.26. The van der Waals surface area contributed by atoms with Gasteiger partial charge in [-0.1, -0.05) is 20.8 Å². The maximum atomic E-state index is 12.4. The predicted molar refractivity (Wildman–Crippen MR) is 73.8 cm³/mol. The molecule has 0 aromatic carbocycles. The fourth-order valence-electron chi connectivity index (χ4n) is 2.24. The van der Waals surface area contributed by atoms with Crippen LogP contribution in [0, 0.1) is 11.8 Å². The summed E-state index contributed by atoms with van der Waals surface area (Å²) in [7, 11) is 0. The van der Waals surface area contributed by atoms with Crippen molar-refractivity contribution in [3.05, 3.63) is 0 Å². The number of hydrogen-bond acceptors (Lipinski definition) is 3. The predicted octanol–water partition coefficient (Wildman–Crippen LogP) is 2.02. The summed E-state index contributed by atoms with van der Waals surface area (Å²) < 4.78 is 4.86. The summed E-state index contributed by atoms with van der Waals surface area (Å²) in [5.41, 5.74) is 0. The fraction of sp³-hybridized carbons (Fsp3) is 0.857. The average Bonchev–Trinajstić information content (AvgIpc) is 2.36. The molecule has 1 aliphatic rings. The van der Waals surface area contributed by atoms with Crippen molar-refractivity contribution in [3.8, 4) is 0 Å². The highest BCUT2D eigenvalue weighted by Crippen LogP contribution is 2.18. The van der Waals surface area contributed by atoms with Gasteiger partial charge in [0.2, 0.25) is 5.91 Å². The van der Waals surface area contributed by atoms with Gasteiger partial charge in [0.05, 0.1) is 6.61 Å². The van der Waals surface area contributed by atoms with E-state index < -0.39 is 12.1 Å². The lowest BCUT2D eigenvalue weighted by Gasteiger charge is -2.34. The number of hydrogen-bond donors (Lipinski definition) is 1. The minimum Gasteiger partial charge on any atom is -0.450 e. The molecule has 0 radical (unpaired) electrons. The van der Waals surface area contributed by atoms with E-state index in [9.17, 15) is 9.59 Å². The van der Waals surface area contributed by atoms with Crippen molar-refractivity contribution in [2.45, 2.75) is 46.6 Å². The Bertz CT molecular complexity index is 310. The zero-order valence-corrected chi connectivity index (χ0v) is 12.4. The topological polar surface area (TPSA) is 58.6 Å². The molecule has 19 heavy (non-hydrogen) atoms. The molecule has 2 amide bonds. The maximum absolute atomic E-state index is 12.4. The van der Waals surface area contributed by atoms with Gasteiger partial charge >= 0.3 is 6.09 Å². The van der Waals surface area contributed by atoms with Crippen LogP contribution in [-0.2, 0) is 9.53 Å². The fourth-order valence-corrected chi connectivity index (χ4v) is 2.24. The molecule has 1 aliphatic heterocycles. The van der Waals surface area contributed by atoms with Crippen LogP contribution in [0.4, 0.5) is 4.79 Å². The van der Waals surface area contributed by atoms with Crippen LogP contribution in [-0.4, -0.2) is 42.6 Å². The van der Waals surface area contributed by atoms with Crippen LogP contribution in [0.1, 0.15) is 40.5 Å². The summed E-state index contributed by atoms with van der Waals surface area (Å²) >= 11 is 0. The molecule has 1 rings (SSSR count). The van der Waals surface area contributed by atoms with E-state index in [2.05, 4.69) is 12.2 Å². The van der Waals surface area contributed by atoms with Gasteiger partial charge in [-0.15, -0.1) is 0 Å². The van der Waals surface area contributed by atoms with Gasteiger partial charge in [-0.3, -0.25) is 4.79 Å². The summed E-state index contributed by atoms with van der Waals surface area (Å²) in [5, 5.41) is 2.67. The number of rotatable bonds is 4. The molecule has 1 fully saturated rings. The van der Waals surface area contributed by atoms with Crippen LogP contribution in [0.5, 0.6) is 0 Å². The second-order valence-electron chi connectivity index (χ2n) is 5.59. The highest BCUT2D eigenvalue weighted by molar-refractivity contribution is 5.86. The lowest BCUT2D eigenvalue weighted by atomic mass is 9.97. The van der Waals surface area contributed by atoms with Crippen molar-refractivity contribution in [3.63, 3.8) is 0 Å². The molecule has 1 heterocycles. The molecular formula is C14H26N2O3. The third-order valence-corrected chi connectivity index (χ3v) is 3.58. The SMILES string of the molecule is CCOC(=O)N[C@H](C(=O)N1CCC(C)CC1)C(C)C. The van der Waals surface area contributed by atoms with E-state index >= 15 is 0 Å². The Morgan fingerprint density at radius 2 is 1.89 bits per heavy atom. The molecule has 5 heteroatoms. The molecule has 110 valence electrons. The van der Waals surface area contributed by atoms with Crippen LogP contribution >= 0.6 is 0 Å². The number of alkyl carbamates (subject to hydrolysis) is 1. The lowest BCUT2D eigenvalue weighted by molar-refractivity contribution is -0.135. The molecule has 0 aromatic rings. The zero-order valence-electron chi connectivity index (χ0n) is 12.4. The number of piperidine rings is 1. The summed E-state index contributed by atoms with van der Waals surface area (Å²) in [6.45, 7) is 9.70. The highest BCUT2D eigenvalue weighted by atomic mass is 16.5. The van der Waals surface area contributed by atoms with E-state index in [1.54, 1.807) is 6.92 Å². The van der Waals surface area contributed by atoms with Crippen LogP contribution in [0.3, 0.4) is 0 Å². The quantitative estimate of drug-likeness (QED) is 0.850. The van der Waals surface area contributed by atoms with Gasteiger partial charge in [0.25, 0.3) is 0 Å². The van der Waals surface area contributed by atoms with Gasteiger partial charge in [0.1, 0.15) is 6.04 Å². The van der Waals surface area contributed by atoms with Crippen molar-refractivity contribution in [1.29, 1.82) is 0 Å². The van der Waals surface area contributed by atoms with E-state index in [4.69, 9.17) is 4.74 Å². The minimum atomic E-state index is -0.514. The third-order valence-electron chi connectivity index (χ3n) is 3.58. The molecule has 0 saturated carbocycles. The first-order valence-corrected chi connectivity index (χ1v) is 7.17. The van der Waals surface area contributed by atoms with Crippen molar-refractivity contribution >= 4 is 12.0 Å². The third kappa shape index (κ3) is 4.73. The maximum Gasteiger partial charge on any atom is 0.407 e. The first-order valence-electron chi connectivity index (χ1n) is 7.17. The van der Waals surface area contributed by atoms with E-state index in [1.807, 2.05) is 18.7 Å². The Morgan fingerprint density at radius 3 is 2.37 bits per heavy atom. The standard InChI is InChI=1S/C14H26N2O3/c1-5-19-14(18)15-12(10(2)3)13(17)16-8-6-11(4)7-9-16/h10-12H,5-9H2,1-4H3,(H,15,18)/t12-/m0/s1. The van der Waals surface area contributed by atoms with E-state index in [1.165, 1.54) is 0 Å². The monoisotopic (exact) mass is 270 g/mol. The molecule has 0 unspecified atom stereocenters. The van der Waals surface area contributed by atoms with Crippen LogP contribution < -0.4 is 5.32 Å². The van der Waals surface area contributed by atoms with Crippen molar-refractivity contribution in [2.75, 3.05) is 19.7 Å². The molecule has 0 bridgehead atoms. The van der Waals surface area contributed by atoms with Crippen molar-refractivity contribution in [2.24, 2.45) is 11.8 Å². The van der Waals surface area contributed by atoms with Crippen LogP contribution in [0.25, 0.3) is 0 Å². The molecule has 1 N–H and O–H groups in total. The van der Waals surface area contributed by atoms with Crippen molar-refractivity contribution < 1.29 is 14.3 Å². The lowest BCUT2D eigenvalue weighted by Crippen LogP contribution is -2.53. The van der Waals surface area contributed by atoms with Crippen LogP contribution in [0.15, 0.2) is 0 Å². The van der Waals surface area contributed by atoms with Gasteiger partial charge in [-0.05, 0) is 31.6 Å². The summed E-state index contributed by atoms with van der Waals surface area (Å²) in [6, 6.07) is -0.493. The Labute approximate surface area is 115 Å². The molecule has 0 spiro atoms. The average molecular weight is 270 g/mol. The largest absolute Gasteiger partial charge is 0.450 e. The molecule has 1 atom stereocenters. The van der Waals surface area contributed by atoms with Gasteiger partial charge in [0, 0.05) is 13.1 Å². The molecule has 0 aromatic heterocycles. The highest BCUT2D eigenvalue weighted by Gasteiger charge is 2.30. The van der Waals surface area contributed by atoms with Gasteiger partial charge in [-0.25, -0.2) is 4.79 Å². The first-order chi connectivity index (χ1) is 8.95. The van der Waals surface area contributed by atoms with Gasteiger partial charge in [0.15, 0.2) is 0 Å². The first kappa shape index (κ1) is 15.8. The number of nitrogens with one attached hydrogen (secondary N) is 1. The van der Waals surface area contributed by atoms with Gasteiger partial charge in [-0.2, -0.15) is 0 Å². The van der Waals surface area contributed by atoms with Crippen LogP contribution in [0.2, 0.25) is 0 Å². The smallest absolute Gasteiger partial charge is 0.407 e. The molecule has 0 aliphatic carbocycles. The number of amides is 2. The Kier molecular flexibility index (Phi) is 6.12. The number of carbonyl (C=O) groups is 2. The summed E-state index contributed by atoms with van der Waals surface area (Å²) in [5.74, 6) is 0.741. The zero-order chi connectivity index (χ0) is 14.4. The van der Waals surface area contributed by atoms with Gasteiger partial charge < -0.3 is 15.0 Å². The Morgan fingerprint density at radius 1 is 1.32 bits per heavy atom. The van der Waals surface area contributed by atoms with E-state index in [0.29, 0.717) is 12.5 Å². The second kappa shape index (κ2) is 7.36. The van der Waals surface area contributed by atoms with E-state index in [-0.39, 0.29) is 11.8 Å². The normalized spacial score (nSPS) is 18.3. The molecule has 5 nitrogen and oxygen atoms in total. The van der Waals surface area contributed by atoms with E-state index in [0.717, 1.165) is 25.9 Å². The summed E-state index contributed by atoms with van der Waals surface area (Å²) in [4.78, 5) is 25.8. The van der Waals surface area contributed by atoms with Crippen molar-refractivity contribution in [1.82, 2.24) is 10.2 Å². The number of nitrogens with zero attached hydrogens (tertiary/aromatic N) is 1. The summed E-state index contributed by atoms with van der Waals surface area (Å²) in [6.07, 6.45) is 1.56. The number of likely N-dealkylation sites (tertiary alicyclic amines) is 1. The second-order valence-corrected chi connectivity index (χ2v) is 5.59. The molecular weight excluding hydrogens is 244 g/mol. The number of carbonyl (C=O) groups excluding carboxylic acids is 2. The Balaban J connectivity index is 2.60.